The molecule has 1 aliphatic heterocycles. The fraction of sp³-hybridized carbons (Fsp3) is 0.300. The lowest BCUT2D eigenvalue weighted by Crippen LogP contribution is -2.43. The second kappa shape index (κ2) is 7.55. The Bertz CT molecular complexity index is 1080. The number of amides is 2. The highest BCUT2D eigenvalue weighted by molar-refractivity contribution is 7.17. The van der Waals surface area contributed by atoms with Crippen molar-refractivity contribution < 1.29 is 9.59 Å². The number of carbonyl (C=O) groups excluding carboxylic acids is 2. The van der Waals surface area contributed by atoms with Gasteiger partial charge in [-0.2, -0.15) is 0 Å². The highest BCUT2D eigenvalue weighted by Gasteiger charge is 2.26. The minimum atomic E-state index is -0.316. The van der Waals surface area contributed by atoms with Crippen LogP contribution in [-0.2, 0) is 16.1 Å². The Kier molecular flexibility index (Phi) is 4.95. The van der Waals surface area contributed by atoms with E-state index in [-0.39, 0.29) is 29.8 Å². The van der Waals surface area contributed by atoms with Gasteiger partial charge in [-0.1, -0.05) is 30.3 Å². The number of primary amides is 1. The van der Waals surface area contributed by atoms with Crippen molar-refractivity contribution >= 4 is 33.4 Å². The van der Waals surface area contributed by atoms with Gasteiger partial charge in [0, 0.05) is 30.0 Å². The Morgan fingerprint density at radius 1 is 1.18 bits per heavy atom. The summed E-state index contributed by atoms with van der Waals surface area (Å²) in [5.74, 6) is -0.643. The molecule has 0 spiro atoms. The maximum atomic E-state index is 13.0. The van der Waals surface area contributed by atoms with Crippen LogP contribution in [0, 0.1) is 5.92 Å². The lowest BCUT2D eigenvalue weighted by atomic mass is 9.96. The van der Waals surface area contributed by atoms with E-state index in [1.54, 1.807) is 4.90 Å². The monoisotopic (exact) mass is 396 g/mol. The lowest BCUT2D eigenvalue weighted by molar-refractivity contribution is -0.135. The zero-order chi connectivity index (χ0) is 19.7. The van der Waals surface area contributed by atoms with Crippen LogP contribution in [0.3, 0.4) is 0 Å². The van der Waals surface area contributed by atoms with Gasteiger partial charge >= 0.3 is 0 Å². The first-order valence-corrected chi connectivity index (χ1v) is 10.0. The topological polar surface area (TPSA) is 98.3 Å². The molecule has 0 aliphatic carbocycles. The van der Waals surface area contributed by atoms with Gasteiger partial charge in [0.15, 0.2) is 0 Å². The van der Waals surface area contributed by atoms with E-state index < -0.39 is 0 Å². The number of hydrogen-bond donors (Lipinski definition) is 1. The summed E-state index contributed by atoms with van der Waals surface area (Å²) in [7, 11) is 0. The number of hydrogen-bond acceptors (Lipinski definition) is 5. The van der Waals surface area contributed by atoms with Gasteiger partial charge in [0.25, 0.3) is 5.56 Å². The van der Waals surface area contributed by atoms with E-state index in [4.69, 9.17) is 5.73 Å². The molecule has 0 unspecified atom stereocenters. The molecule has 7 nitrogen and oxygen atoms in total. The van der Waals surface area contributed by atoms with Crippen molar-refractivity contribution in [3.8, 4) is 11.1 Å². The molecule has 1 aliphatic rings. The molecule has 1 fully saturated rings. The summed E-state index contributed by atoms with van der Waals surface area (Å²) < 4.78 is 1.37. The fourth-order valence-electron chi connectivity index (χ4n) is 3.57. The van der Waals surface area contributed by atoms with Gasteiger partial charge in [-0.25, -0.2) is 4.98 Å². The molecule has 4 rings (SSSR count). The fourth-order valence-corrected chi connectivity index (χ4v) is 4.48. The Labute approximate surface area is 165 Å². The zero-order valence-electron chi connectivity index (χ0n) is 15.2. The number of likely N-dealkylation sites (tertiary alicyclic amines) is 1. The number of rotatable bonds is 4. The number of aromatic nitrogens is 2. The molecule has 2 aromatic heterocycles. The van der Waals surface area contributed by atoms with Crippen LogP contribution >= 0.6 is 11.3 Å². The van der Waals surface area contributed by atoms with Crippen LogP contribution in [-0.4, -0.2) is 39.4 Å². The van der Waals surface area contributed by atoms with E-state index >= 15 is 0 Å². The third-order valence-corrected chi connectivity index (χ3v) is 6.09. The molecule has 3 heterocycles. The van der Waals surface area contributed by atoms with Crippen LogP contribution in [0.2, 0.25) is 0 Å². The maximum absolute atomic E-state index is 13.0. The minimum absolute atomic E-state index is 0.0624. The molecule has 0 atom stereocenters. The molecular formula is C20H20N4O3S. The van der Waals surface area contributed by atoms with Crippen LogP contribution in [0.1, 0.15) is 12.8 Å². The summed E-state index contributed by atoms with van der Waals surface area (Å²) in [5, 5.41) is 2.47. The molecule has 0 radical (unpaired) electrons. The number of thiophene rings is 1. The van der Waals surface area contributed by atoms with Gasteiger partial charge in [-0.3, -0.25) is 19.0 Å². The second-order valence-electron chi connectivity index (χ2n) is 6.93. The first-order chi connectivity index (χ1) is 13.5. The normalized spacial score (nSPS) is 15.1. The van der Waals surface area contributed by atoms with Gasteiger partial charge in [-0.15, -0.1) is 11.3 Å². The number of benzene rings is 1. The zero-order valence-corrected chi connectivity index (χ0v) is 16.0. The Hall–Kier alpha value is -3.00. The average Bonchev–Trinajstić information content (AvgIpc) is 3.15. The third-order valence-electron chi connectivity index (χ3n) is 5.20. The van der Waals surface area contributed by atoms with Gasteiger partial charge in [0.05, 0.1) is 11.7 Å². The van der Waals surface area contributed by atoms with Gasteiger partial charge in [0.1, 0.15) is 11.4 Å². The molecule has 1 aromatic carbocycles. The quantitative estimate of drug-likeness (QED) is 0.728. The van der Waals surface area contributed by atoms with Crippen molar-refractivity contribution in [3.05, 3.63) is 52.4 Å². The Morgan fingerprint density at radius 2 is 1.89 bits per heavy atom. The first kappa shape index (κ1) is 18.4. The molecule has 2 N–H and O–H groups in total. The summed E-state index contributed by atoms with van der Waals surface area (Å²) in [6.45, 7) is 0.891. The van der Waals surface area contributed by atoms with Crippen LogP contribution in [0.4, 0.5) is 0 Å². The summed E-state index contributed by atoms with van der Waals surface area (Å²) in [6.07, 6.45) is 2.57. The van der Waals surface area contributed by atoms with Crippen molar-refractivity contribution in [1.29, 1.82) is 0 Å². The van der Waals surface area contributed by atoms with E-state index in [1.807, 2.05) is 35.7 Å². The van der Waals surface area contributed by atoms with Crippen LogP contribution in [0.25, 0.3) is 21.3 Å². The summed E-state index contributed by atoms with van der Waals surface area (Å²) >= 11 is 1.42. The SMILES string of the molecule is NC(=O)C1CCN(C(=O)Cn2cnc3scc(-c4ccccc4)c3c2=O)CC1. The maximum Gasteiger partial charge on any atom is 0.263 e. The van der Waals surface area contributed by atoms with E-state index in [0.29, 0.717) is 36.1 Å². The van der Waals surface area contributed by atoms with Crippen LogP contribution in [0.15, 0.2) is 46.8 Å². The summed E-state index contributed by atoms with van der Waals surface area (Å²) in [6, 6.07) is 9.67. The van der Waals surface area contributed by atoms with Crippen molar-refractivity contribution in [2.45, 2.75) is 19.4 Å². The molecular weight excluding hydrogens is 376 g/mol. The Morgan fingerprint density at radius 3 is 2.57 bits per heavy atom. The highest BCUT2D eigenvalue weighted by atomic mass is 32.1. The summed E-state index contributed by atoms with van der Waals surface area (Å²) in [4.78, 5) is 43.7. The number of piperidine rings is 1. The second-order valence-corrected chi connectivity index (χ2v) is 7.79. The van der Waals surface area contributed by atoms with E-state index in [2.05, 4.69) is 4.98 Å². The van der Waals surface area contributed by atoms with Crippen molar-refractivity contribution in [2.24, 2.45) is 11.7 Å². The molecule has 144 valence electrons. The smallest absolute Gasteiger partial charge is 0.263 e. The van der Waals surface area contributed by atoms with E-state index in [1.165, 1.54) is 22.2 Å². The van der Waals surface area contributed by atoms with E-state index in [9.17, 15) is 14.4 Å². The molecule has 3 aromatic rings. The third kappa shape index (κ3) is 3.43. The average molecular weight is 396 g/mol. The molecule has 0 saturated carbocycles. The molecule has 1 saturated heterocycles. The largest absolute Gasteiger partial charge is 0.369 e. The number of fused-ring (bicyclic) bond motifs is 1. The first-order valence-electron chi connectivity index (χ1n) is 9.13. The molecule has 8 heteroatoms. The van der Waals surface area contributed by atoms with E-state index in [0.717, 1.165) is 11.1 Å². The van der Waals surface area contributed by atoms with Crippen molar-refractivity contribution in [1.82, 2.24) is 14.5 Å². The van der Waals surface area contributed by atoms with Gasteiger partial charge in [-0.05, 0) is 18.4 Å². The van der Waals surface area contributed by atoms with Crippen LogP contribution < -0.4 is 11.3 Å². The minimum Gasteiger partial charge on any atom is -0.369 e. The standard InChI is InChI=1S/C20H20N4O3S/c21-18(26)14-6-8-23(9-7-14)16(25)10-24-12-22-19-17(20(24)27)15(11-28-19)13-4-2-1-3-5-13/h1-5,11-12,14H,6-10H2,(H2,21,26). The Balaban J connectivity index is 1.58. The number of nitrogens with two attached hydrogens (primary N) is 1. The number of carbonyl (C=O) groups is 2. The van der Waals surface area contributed by atoms with Crippen molar-refractivity contribution in [3.63, 3.8) is 0 Å². The lowest BCUT2D eigenvalue weighted by Gasteiger charge is -2.30. The molecule has 0 bridgehead atoms. The molecule has 28 heavy (non-hydrogen) atoms. The molecule has 2 amide bonds. The van der Waals surface area contributed by atoms with Crippen LogP contribution in [0.5, 0.6) is 0 Å². The summed E-state index contributed by atoms with van der Waals surface area (Å²) in [5.41, 5.74) is 6.91. The van der Waals surface area contributed by atoms with Crippen molar-refractivity contribution in [2.75, 3.05) is 13.1 Å². The predicted octanol–water partition coefficient (Wildman–Crippen LogP) is 1.85. The highest BCUT2D eigenvalue weighted by Crippen LogP contribution is 2.30. The van der Waals surface area contributed by atoms with Gasteiger partial charge in [0.2, 0.25) is 11.8 Å². The predicted molar refractivity (Wildman–Crippen MR) is 108 cm³/mol. The number of nitrogens with zero attached hydrogens (tertiary/aromatic N) is 3. The van der Waals surface area contributed by atoms with Gasteiger partial charge < -0.3 is 10.6 Å².